The summed E-state index contributed by atoms with van der Waals surface area (Å²) >= 11 is 0. The molecule has 0 aromatic carbocycles. The number of nitrogens with zero attached hydrogens (tertiary/aromatic N) is 1. The summed E-state index contributed by atoms with van der Waals surface area (Å²) in [7, 11) is 1.69. The molecule has 0 heterocycles. The van der Waals surface area contributed by atoms with E-state index in [4.69, 9.17) is 5.11 Å². The Morgan fingerprint density at radius 3 is 2.69 bits per heavy atom. The molecule has 0 radical (unpaired) electrons. The van der Waals surface area contributed by atoms with Gasteiger partial charge < -0.3 is 15.3 Å². The quantitative estimate of drug-likeness (QED) is 0.690. The molecular formula is C11H20N2O3. The number of hydrogen-bond acceptors (Lipinski definition) is 2. The summed E-state index contributed by atoms with van der Waals surface area (Å²) in [4.78, 5) is 23.3. The van der Waals surface area contributed by atoms with Crippen LogP contribution in [0.3, 0.4) is 0 Å². The molecule has 0 bridgehead atoms. The zero-order valence-electron chi connectivity index (χ0n) is 9.74. The van der Waals surface area contributed by atoms with Crippen molar-refractivity contribution in [3.8, 4) is 0 Å². The van der Waals surface area contributed by atoms with Gasteiger partial charge in [-0.25, -0.2) is 4.79 Å². The summed E-state index contributed by atoms with van der Waals surface area (Å²) in [6.45, 7) is 1.22. The van der Waals surface area contributed by atoms with Crippen molar-refractivity contribution in [2.75, 3.05) is 20.1 Å². The lowest BCUT2D eigenvalue weighted by Gasteiger charge is -2.17. The monoisotopic (exact) mass is 228 g/mol. The first kappa shape index (κ1) is 12.8. The van der Waals surface area contributed by atoms with Crippen LogP contribution in [0.25, 0.3) is 0 Å². The molecule has 1 rings (SSSR count). The number of carboxylic acids is 1. The Hall–Kier alpha value is -1.26. The van der Waals surface area contributed by atoms with Gasteiger partial charge >= 0.3 is 12.0 Å². The highest BCUT2D eigenvalue weighted by atomic mass is 16.4. The van der Waals surface area contributed by atoms with Gasteiger partial charge in [0.2, 0.25) is 0 Å². The first-order chi connectivity index (χ1) is 7.59. The van der Waals surface area contributed by atoms with Crippen LogP contribution in [0.15, 0.2) is 0 Å². The van der Waals surface area contributed by atoms with Gasteiger partial charge in [0.15, 0.2) is 0 Å². The van der Waals surface area contributed by atoms with E-state index in [9.17, 15) is 9.59 Å². The maximum absolute atomic E-state index is 11.5. The normalized spacial score (nSPS) is 14.6. The fourth-order valence-corrected chi connectivity index (χ4v) is 1.49. The third kappa shape index (κ3) is 5.58. The molecule has 5 heteroatoms. The van der Waals surface area contributed by atoms with E-state index < -0.39 is 5.97 Å². The van der Waals surface area contributed by atoms with Crippen molar-refractivity contribution in [2.45, 2.75) is 32.1 Å². The molecule has 5 nitrogen and oxygen atoms in total. The van der Waals surface area contributed by atoms with Gasteiger partial charge in [-0.1, -0.05) is 12.8 Å². The molecule has 1 aliphatic rings. The summed E-state index contributed by atoms with van der Waals surface area (Å²) in [5, 5.41) is 11.3. The van der Waals surface area contributed by atoms with Crippen LogP contribution in [0.2, 0.25) is 0 Å². The van der Waals surface area contributed by atoms with Crippen molar-refractivity contribution in [3.05, 3.63) is 0 Å². The minimum Gasteiger partial charge on any atom is -0.481 e. The van der Waals surface area contributed by atoms with Crippen molar-refractivity contribution >= 4 is 12.0 Å². The van der Waals surface area contributed by atoms with Gasteiger partial charge in [0.1, 0.15) is 0 Å². The Kier molecular flexibility index (Phi) is 5.08. The smallest absolute Gasteiger partial charge is 0.317 e. The van der Waals surface area contributed by atoms with Gasteiger partial charge in [-0.05, 0) is 18.8 Å². The minimum atomic E-state index is -0.817. The molecule has 0 aromatic rings. The number of amides is 2. The fraction of sp³-hybridized carbons (Fsp3) is 0.818. The Morgan fingerprint density at radius 2 is 2.12 bits per heavy atom. The van der Waals surface area contributed by atoms with Gasteiger partial charge in [-0.3, -0.25) is 4.79 Å². The van der Waals surface area contributed by atoms with Crippen LogP contribution in [0.1, 0.15) is 32.1 Å². The maximum Gasteiger partial charge on any atom is 0.317 e. The lowest BCUT2D eigenvalue weighted by molar-refractivity contribution is -0.137. The summed E-state index contributed by atoms with van der Waals surface area (Å²) in [5.74, 6) is 0.000146. The number of nitrogens with one attached hydrogen (secondary N) is 1. The van der Waals surface area contributed by atoms with Crippen LogP contribution in [-0.4, -0.2) is 42.1 Å². The SMILES string of the molecule is CN(CCCC(=O)O)C(=O)NCCC1CC1. The number of hydrogen-bond donors (Lipinski definition) is 2. The zero-order chi connectivity index (χ0) is 12.0. The molecule has 0 aromatic heterocycles. The average Bonchev–Trinajstić information content (AvgIpc) is 3.00. The average molecular weight is 228 g/mol. The summed E-state index contributed by atoms with van der Waals surface area (Å²) < 4.78 is 0. The van der Waals surface area contributed by atoms with E-state index in [2.05, 4.69) is 5.32 Å². The zero-order valence-corrected chi connectivity index (χ0v) is 9.74. The number of rotatable bonds is 7. The second-order valence-electron chi connectivity index (χ2n) is 4.38. The molecule has 92 valence electrons. The second-order valence-corrected chi connectivity index (χ2v) is 4.38. The number of carbonyl (C=O) groups is 2. The van der Waals surface area contributed by atoms with Gasteiger partial charge in [-0.2, -0.15) is 0 Å². The molecule has 1 aliphatic carbocycles. The highest BCUT2D eigenvalue weighted by molar-refractivity contribution is 5.73. The third-order valence-electron chi connectivity index (χ3n) is 2.76. The number of urea groups is 1. The number of carboxylic acid groups (broad SMARTS) is 1. The first-order valence-electron chi connectivity index (χ1n) is 5.80. The van der Waals surface area contributed by atoms with Gasteiger partial charge in [0.05, 0.1) is 0 Å². The minimum absolute atomic E-state index is 0.106. The maximum atomic E-state index is 11.5. The Morgan fingerprint density at radius 1 is 1.44 bits per heavy atom. The molecule has 16 heavy (non-hydrogen) atoms. The first-order valence-corrected chi connectivity index (χ1v) is 5.80. The van der Waals surface area contributed by atoms with Gasteiger partial charge in [0, 0.05) is 26.6 Å². The van der Waals surface area contributed by atoms with Crippen molar-refractivity contribution in [3.63, 3.8) is 0 Å². The number of carbonyl (C=O) groups excluding carboxylic acids is 1. The van der Waals surface area contributed by atoms with Crippen LogP contribution in [0, 0.1) is 5.92 Å². The van der Waals surface area contributed by atoms with E-state index in [1.165, 1.54) is 17.7 Å². The predicted molar refractivity (Wildman–Crippen MR) is 60.2 cm³/mol. The topological polar surface area (TPSA) is 69.6 Å². The predicted octanol–water partition coefficient (Wildman–Crippen LogP) is 1.29. The van der Waals surface area contributed by atoms with Gasteiger partial charge in [0.25, 0.3) is 0 Å². The van der Waals surface area contributed by atoms with Crippen LogP contribution in [-0.2, 0) is 4.79 Å². The van der Waals surface area contributed by atoms with Crippen molar-refractivity contribution in [2.24, 2.45) is 5.92 Å². The van der Waals surface area contributed by atoms with E-state index >= 15 is 0 Å². The highest BCUT2D eigenvalue weighted by Crippen LogP contribution is 2.31. The van der Waals surface area contributed by atoms with Crippen molar-refractivity contribution in [1.29, 1.82) is 0 Å². The standard InChI is InChI=1S/C11H20N2O3/c1-13(8-2-3-10(14)15)11(16)12-7-6-9-4-5-9/h9H,2-8H2,1H3,(H,12,16)(H,14,15). The van der Waals surface area contributed by atoms with E-state index in [0.29, 0.717) is 13.0 Å². The highest BCUT2D eigenvalue weighted by Gasteiger charge is 2.20. The van der Waals surface area contributed by atoms with E-state index in [0.717, 1.165) is 18.9 Å². The van der Waals surface area contributed by atoms with E-state index in [-0.39, 0.29) is 12.5 Å². The molecule has 0 atom stereocenters. The lowest BCUT2D eigenvalue weighted by atomic mass is 10.3. The molecule has 0 spiro atoms. The van der Waals surface area contributed by atoms with Gasteiger partial charge in [-0.15, -0.1) is 0 Å². The van der Waals surface area contributed by atoms with Crippen molar-refractivity contribution in [1.82, 2.24) is 10.2 Å². The third-order valence-corrected chi connectivity index (χ3v) is 2.76. The molecule has 0 saturated heterocycles. The molecule has 0 aliphatic heterocycles. The van der Waals surface area contributed by atoms with Crippen LogP contribution >= 0.6 is 0 Å². The molecule has 2 N–H and O–H groups in total. The number of aliphatic carboxylic acids is 1. The molecule has 1 saturated carbocycles. The summed E-state index contributed by atoms with van der Waals surface area (Å²) in [5.41, 5.74) is 0. The second kappa shape index (κ2) is 6.35. The van der Waals surface area contributed by atoms with Crippen LogP contribution in [0.5, 0.6) is 0 Å². The Bertz CT molecular complexity index is 252. The van der Waals surface area contributed by atoms with Crippen molar-refractivity contribution < 1.29 is 14.7 Å². The molecule has 0 unspecified atom stereocenters. The largest absolute Gasteiger partial charge is 0.481 e. The van der Waals surface area contributed by atoms with E-state index in [1.54, 1.807) is 7.05 Å². The molecule has 2 amide bonds. The Balaban J connectivity index is 2.01. The Labute approximate surface area is 95.8 Å². The summed E-state index contributed by atoms with van der Waals surface area (Å²) in [6.07, 6.45) is 4.27. The molecule has 1 fully saturated rings. The van der Waals surface area contributed by atoms with Crippen LogP contribution in [0.4, 0.5) is 4.79 Å². The summed E-state index contributed by atoms with van der Waals surface area (Å²) in [6, 6.07) is -0.106. The van der Waals surface area contributed by atoms with E-state index in [1.807, 2.05) is 0 Å². The van der Waals surface area contributed by atoms with Crippen LogP contribution < -0.4 is 5.32 Å². The fourth-order valence-electron chi connectivity index (χ4n) is 1.49. The lowest BCUT2D eigenvalue weighted by Crippen LogP contribution is -2.38. The molecular weight excluding hydrogens is 208 g/mol.